The minimum absolute atomic E-state index is 0.199. The molecule has 0 aromatic heterocycles. The minimum atomic E-state index is -0.932. The van der Waals surface area contributed by atoms with Crippen molar-refractivity contribution in [1.29, 1.82) is 0 Å². The maximum atomic E-state index is 12.8. The van der Waals surface area contributed by atoms with Crippen LogP contribution in [0.15, 0.2) is 24.3 Å². The molecule has 7 heteroatoms. The predicted octanol–water partition coefficient (Wildman–Crippen LogP) is 4.34. The van der Waals surface area contributed by atoms with E-state index in [2.05, 4.69) is 12.6 Å². The summed E-state index contributed by atoms with van der Waals surface area (Å²) in [5.41, 5.74) is 0.0311. The number of carbonyl (C=O) groups is 2. The highest BCUT2D eigenvalue weighted by Gasteiger charge is 2.38. The zero-order valence-corrected chi connectivity index (χ0v) is 18.1. The number of amides is 1. The van der Waals surface area contributed by atoms with E-state index < -0.39 is 22.8 Å². The Hall–Kier alpha value is -1.73. The average molecular weight is 398 g/mol. The highest BCUT2D eigenvalue weighted by Crippen LogP contribution is 2.33. The molecule has 0 aliphatic heterocycles. The molecule has 0 radical (unpaired) electrons. The lowest BCUT2D eigenvalue weighted by atomic mass is 10.1. The van der Waals surface area contributed by atoms with Gasteiger partial charge in [0.1, 0.15) is 16.7 Å². The molecular weight excluding hydrogens is 366 g/mol. The molecule has 27 heavy (non-hydrogen) atoms. The molecule has 0 heterocycles. The second-order valence-corrected chi connectivity index (χ2v) is 8.09. The smallest absolute Gasteiger partial charge is 0.413 e. The van der Waals surface area contributed by atoms with Gasteiger partial charge in [0.05, 0.1) is 13.0 Å². The van der Waals surface area contributed by atoms with Crippen LogP contribution in [0.4, 0.5) is 4.79 Å². The Morgan fingerprint density at radius 2 is 1.67 bits per heavy atom. The van der Waals surface area contributed by atoms with Crippen LogP contribution < -0.4 is 0 Å². The van der Waals surface area contributed by atoms with Gasteiger partial charge in [0.2, 0.25) is 0 Å². The number of rotatable bonds is 7. The summed E-state index contributed by atoms with van der Waals surface area (Å²) >= 11 is 4.64. The molecule has 0 bridgehead atoms. The number of methoxy groups -OCH3 is 1. The van der Waals surface area contributed by atoms with Crippen LogP contribution in [0.2, 0.25) is 0 Å². The average Bonchev–Trinajstić information content (AvgIpc) is 2.53. The van der Waals surface area contributed by atoms with Gasteiger partial charge in [-0.15, -0.1) is 12.6 Å². The fourth-order valence-electron chi connectivity index (χ4n) is 2.36. The largest absolute Gasteiger partial charge is 0.466 e. The van der Waals surface area contributed by atoms with Gasteiger partial charge in [-0.2, -0.15) is 0 Å². The third kappa shape index (κ3) is 7.07. The number of ether oxygens (including phenoxy) is 3. The van der Waals surface area contributed by atoms with Crippen molar-refractivity contribution < 1.29 is 23.8 Å². The van der Waals surface area contributed by atoms with Crippen molar-refractivity contribution in [2.45, 2.75) is 64.7 Å². The molecule has 0 spiro atoms. The van der Waals surface area contributed by atoms with Crippen molar-refractivity contribution in [2.24, 2.45) is 0 Å². The van der Waals surface area contributed by atoms with Crippen LogP contribution in [0.5, 0.6) is 0 Å². The summed E-state index contributed by atoms with van der Waals surface area (Å²) in [7, 11) is 1.53. The van der Waals surface area contributed by atoms with E-state index in [9.17, 15) is 9.59 Å². The van der Waals surface area contributed by atoms with Crippen molar-refractivity contribution in [1.82, 2.24) is 4.90 Å². The first-order chi connectivity index (χ1) is 12.4. The van der Waals surface area contributed by atoms with Gasteiger partial charge >= 0.3 is 12.1 Å². The molecule has 6 nitrogen and oxygen atoms in total. The highest BCUT2D eigenvalue weighted by molar-refractivity contribution is 7.80. The summed E-state index contributed by atoms with van der Waals surface area (Å²) in [6.07, 6.45) is -0.324. The van der Waals surface area contributed by atoms with Crippen LogP contribution in [-0.4, -0.2) is 42.0 Å². The quantitative estimate of drug-likeness (QED) is 0.421. The molecule has 1 aromatic rings. The molecule has 1 amide bonds. The summed E-state index contributed by atoms with van der Waals surface area (Å²) < 4.78 is 16.0. The van der Waals surface area contributed by atoms with Gasteiger partial charge < -0.3 is 14.2 Å². The van der Waals surface area contributed by atoms with E-state index >= 15 is 0 Å². The summed E-state index contributed by atoms with van der Waals surface area (Å²) in [6.45, 7) is 11.1. The van der Waals surface area contributed by atoms with E-state index in [-0.39, 0.29) is 12.4 Å². The van der Waals surface area contributed by atoms with E-state index in [0.717, 1.165) is 11.1 Å². The Morgan fingerprint density at radius 3 is 2.11 bits per heavy atom. The number of hydrogen-bond acceptors (Lipinski definition) is 6. The normalized spacial score (nSPS) is 13.0. The van der Waals surface area contributed by atoms with E-state index in [0.29, 0.717) is 6.61 Å². The molecule has 1 aromatic carbocycles. The molecule has 0 aliphatic rings. The lowest BCUT2D eigenvalue weighted by Gasteiger charge is -2.41. The van der Waals surface area contributed by atoms with Crippen molar-refractivity contribution in [2.75, 3.05) is 13.7 Å². The Balaban J connectivity index is 3.06. The summed E-state index contributed by atoms with van der Waals surface area (Å²) in [4.78, 5) is 25.8. The van der Waals surface area contributed by atoms with Gasteiger partial charge in [0.25, 0.3) is 0 Å². The van der Waals surface area contributed by atoms with Crippen LogP contribution in [0.1, 0.15) is 58.0 Å². The predicted molar refractivity (Wildman–Crippen MR) is 108 cm³/mol. The molecule has 1 unspecified atom stereocenters. The van der Waals surface area contributed by atoms with E-state index in [4.69, 9.17) is 14.2 Å². The molecule has 1 rings (SSSR count). The van der Waals surface area contributed by atoms with Crippen LogP contribution >= 0.6 is 12.6 Å². The Morgan fingerprint density at radius 1 is 1.11 bits per heavy atom. The lowest BCUT2D eigenvalue weighted by Crippen LogP contribution is -2.51. The van der Waals surface area contributed by atoms with E-state index in [1.54, 1.807) is 41.5 Å². The first-order valence-corrected chi connectivity index (χ1v) is 9.43. The van der Waals surface area contributed by atoms with E-state index in [1.807, 2.05) is 24.3 Å². The van der Waals surface area contributed by atoms with Gasteiger partial charge in [-0.05, 0) is 52.7 Å². The molecule has 0 fully saturated rings. The van der Waals surface area contributed by atoms with E-state index in [1.165, 1.54) is 12.0 Å². The van der Waals surface area contributed by atoms with Gasteiger partial charge in [0.15, 0.2) is 0 Å². The Bertz CT molecular complexity index is 637. The van der Waals surface area contributed by atoms with Crippen LogP contribution in [0.25, 0.3) is 0 Å². The van der Waals surface area contributed by atoms with Crippen molar-refractivity contribution in [3.05, 3.63) is 35.4 Å². The Labute approximate surface area is 167 Å². The zero-order chi connectivity index (χ0) is 20.8. The third-order valence-electron chi connectivity index (χ3n) is 3.85. The molecule has 0 saturated heterocycles. The minimum Gasteiger partial charge on any atom is -0.466 e. The monoisotopic (exact) mass is 397 g/mol. The first-order valence-electron chi connectivity index (χ1n) is 8.91. The fourth-order valence-corrected chi connectivity index (χ4v) is 2.90. The zero-order valence-electron chi connectivity index (χ0n) is 17.2. The number of nitrogens with zero attached hydrogens (tertiary/aromatic N) is 1. The Kier molecular flexibility index (Phi) is 8.17. The summed E-state index contributed by atoms with van der Waals surface area (Å²) in [5.74, 6) is -0.274. The number of esters is 1. The van der Waals surface area contributed by atoms with Gasteiger partial charge in [-0.3, -0.25) is 9.69 Å². The van der Waals surface area contributed by atoms with Gasteiger partial charge in [-0.25, -0.2) is 4.79 Å². The molecule has 0 N–H and O–H groups in total. The maximum absolute atomic E-state index is 12.8. The molecule has 0 saturated carbocycles. The second kappa shape index (κ2) is 9.46. The number of hydrogen-bond donors (Lipinski definition) is 1. The first kappa shape index (κ1) is 23.3. The molecule has 152 valence electrons. The lowest BCUT2D eigenvalue weighted by molar-refractivity contribution is -0.142. The third-order valence-corrected chi connectivity index (χ3v) is 4.38. The number of carbonyl (C=O) groups excluding carboxylic acids is 2. The van der Waals surface area contributed by atoms with Crippen molar-refractivity contribution in [3.63, 3.8) is 0 Å². The van der Waals surface area contributed by atoms with Crippen LogP contribution in [-0.2, 0) is 25.4 Å². The maximum Gasteiger partial charge on any atom is 0.413 e. The molecular formula is C20H31NO5S. The molecule has 1 atom stereocenters. The fraction of sp³-hybridized carbons (Fsp3) is 0.600. The van der Waals surface area contributed by atoms with Crippen molar-refractivity contribution >= 4 is 24.7 Å². The SMILES string of the molecule is CCOC(=O)Cc1ccc(C(S)N(C(=O)OC(C)(C)C)C(C)(C)OC)cc1. The van der Waals surface area contributed by atoms with Crippen molar-refractivity contribution in [3.8, 4) is 0 Å². The number of thiol groups is 1. The highest BCUT2D eigenvalue weighted by atomic mass is 32.1. The van der Waals surface area contributed by atoms with Crippen LogP contribution in [0, 0.1) is 0 Å². The second-order valence-electron chi connectivity index (χ2n) is 7.60. The van der Waals surface area contributed by atoms with Gasteiger partial charge in [0, 0.05) is 7.11 Å². The van der Waals surface area contributed by atoms with Gasteiger partial charge in [-0.1, -0.05) is 24.3 Å². The summed E-state index contributed by atoms with van der Waals surface area (Å²) in [6, 6.07) is 7.30. The standard InChI is InChI=1S/C20H31NO5S/c1-8-25-16(22)13-14-9-11-15(12-10-14)17(27)21(20(5,6)24-7)18(23)26-19(2,3)4/h9-12,17,27H,8,13H2,1-7H3. The van der Waals surface area contributed by atoms with Crippen LogP contribution in [0.3, 0.4) is 0 Å². The summed E-state index contributed by atoms with van der Waals surface area (Å²) in [5, 5.41) is -0.591. The topological polar surface area (TPSA) is 65.1 Å². The molecule has 0 aliphatic carbocycles. The number of benzene rings is 1.